The fourth-order valence-electron chi connectivity index (χ4n) is 1.66. The molecule has 1 unspecified atom stereocenters. The summed E-state index contributed by atoms with van der Waals surface area (Å²) >= 11 is 0. The molecule has 0 saturated carbocycles. The van der Waals surface area contributed by atoms with Crippen molar-refractivity contribution in [3.05, 3.63) is 35.5 Å². The van der Waals surface area contributed by atoms with E-state index in [1.54, 1.807) is 0 Å². The van der Waals surface area contributed by atoms with Gasteiger partial charge in [0, 0.05) is 6.54 Å². The number of likely N-dealkylation sites (N-methyl/N-ethyl adjacent to an activating group) is 1. The summed E-state index contributed by atoms with van der Waals surface area (Å²) in [5.74, 6) is 0.776. The number of nitrogens with zero attached hydrogens (tertiary/aromatic N) is 1. The maximum atomic E-state index is 2.34. The van der Waals surface area contributed by atoms with E-state index in [1.807, 2.05) is 0 Å². The molecule has 18 heavy (non-hydrogen) atoms. The number of rotatable bonds is 8. The Hall–Kier alpha value is -0.820. The summed E-state index contributed by atoms with van der Waals surface area (Å²) < 4.78 is 0. The highest BCUT2D eigenvalue weighted by molar-refractivity contribution is 5.16. The number of hydrogen-bond acceptors (Lipinski definition) is 1. The van der Waals surface area contributed by atoms with Crippen molar-refractivity contribution in [1.29, 1.82) is 0 Å². The van der Waals surface area contributed by atoms with Gasteiger partial charge in [-0.3, -0.25) is 0 Å². The normalized spacial score (nSPS) is 14.3. The Morgan fingerprint density at radius 3 is 2.33 bits per heavy atom. The SMILES string of the molecule is CC(C)=CCCC(C)CC=CC(C)=CCN(C)C. The van der Waals surface area contributed by atoms with Crippen molar-refractivity contribution in [2.45, 2.75) is 47.0 Å². The monoisotopic (exact) mass is 249 g/mol. The van der Waals surface area contributed by atoms with Gasteiger partial charge in [-0.2, -0.15) is 0 Å². The standard InChI is InChI=1S/C17H31N/c1-15(2)9-7-10-16(3)11-8-12-17(4)13-14-18(5)6/h8-9,12-13,16H,7,10-11,14H2,1-6H3. The van der Waals surface area contributed by atoms with Gasteiger partial charge < -0.3 is 4.90 Å². The van der Waals surface area contributed by atoms with E-state index in [4.69, 9.17) is 0 Å². The maximum absolute atomic E-state index is 2.34. The lowest BCUT2D eigenvalue weighted by Gasteiger charge is -2.07. The second kappa shape index (κ2) is 10.1. The maximum Gasteiger partial charge on any atom is 0.0162 e. The van der Waals surface area contributed by atoms with Gasteiger partial charge in [0.1, 0.15) is 0 Å². The van der Waals surface area contributed by atoms with E-state index in [0.717, 1.165) is 12.5 Å². The van der Waals surface area contributed by atoms with Crippen LogP contribution in [-0.4, -0.2) is 25.5 Å². The Kier molecular flexibility index (Phi) is 9.67. The first-order valence-electron chi connectivity index (χ1n) is 7.03. The first-order valence-corrected chi connectivity index (χ1v) is 7.03. The molecule has 1 atom stereocenters. The van der Waals surface area contributed by atoms with Gasteiger partial charge in [0.05, 0.1) is 0 Å². The molecule has 0 aliphatic carbocycles. The van der Waals surface area contributed by atoms with Crippen LogP contribution < -0.4 is 0 Å². The van der Waals surface area contributed by atoms with Crippen LogP contribution in [0.1, 0.15) is 47.0 Å². The molecule has 1 heteroatoms. The zero-order valence-electron chi connectivity index (χ0n) is 13.2. The lowest BCUT2D eigenvalue weighted by atomic mass is 10.0. The molecule has 0 aliphatic heterocycles. The Morgan fingerprint density at radius 2 is 1.78 bits per heavy atom. The van der Waals surface area contributed by atoms with Crippen molar-refractivity contribution in [1.82, 2.24) is 4.90 Å². The fraction of sp³-hybridized carbons (Fsp3) is 0.647. The molecule has 0 N–H and O–H groups in total. The van der Waals surface area contributed by atoms with Crippen LogP contribution in [0.3, 0.4) is 0 Å². The second-order valence-electron chi connectivity index (χ2n) is 5.81. The highest BCUT2D eigenvalue weighted by Crippen LogP contribution is 2.13. The first kappa shape index (κ1) is 17.2. The van der Waals surface area contributed by atoms with Crippen LogP contribution in [0.4, 0.5) is 0 Å². The van der Waals surface area contributed by atoms with Gasteiger partial charge in [-0.25, -0.2) is 0 Å². The molecule has 1 nitrogen and oxygen atoms in total. The highest BCUT2D eigenvalue weighted by Gasteiger charge is 1.97. The van der Waals surface area contributed by atoms with Crippen molar-refractivity contribution >= 4 is 0 Å². The van der Waals surface area contributed by atoms with Crippen molar-refractivity contribution in [3.8, 4) is 0 Å². The third-order valence-corrected chi connectivity index (χ3v) is 2.91. The third kappa shape index (κ3) is 11.7. The third-order valence-electron chi connectivity index (χ3n) is 2.91. The molecule has 0 spiro atoms. The smallest absolute Gasteiger partial charge is 0.0162 e. The molecule has 0 fully saturated rings. The quantitative estimate of drug-likeness (QED) is 0.440. The van der Waals surface area contributed by atoms with Crippen LogP contribution in [-0.2, 0) is 0 Å². The predicted octanol–water partition coefficient (Wildman–Crippen LogP) is 4.82. The van der Waals surface area contributed by atoms with Gasteiger partial charge in [0.2, 0.25) is 0 Å². The molecule has 0 aromatic heterocycles. The lowest BCUT2D eigenvalue weighted by Crippen LogP contribution is -2.10. The highest BCUT2D eigenvalue weighted by atomic mass is 15.0. The molecule has 0 heterocycles. The molecule has 0 aromatic carbocycles. The molecule has 0 amide bonds. The van der Waals surface area contributed by atoms with E-state index in [9.17, 15) is 0 Å². The molecule has 0 saturated heterocycles. The van der Waals surface area contributed by atoms with E-state index in [2.05, 4.69) is 71.0 Å². The van der Waals surface area contributed by atoms with Crippen LogP contribution in [0, 0.1) is 5.92 Å². The minimum absolute atomic E-state index is 0.776. The summed E-state index contributed by atoms with van der Waals surface area (Å²) in [6, 6.07) is 0. The van der Waals surface area contributed by atoms with Gasteiger partial charge in [-0.05, 0) is 60.0 Å². The molecule has 0 radical (unpaired) electrons. The van der Waals surface area contributed by atoms with E-state index in [0.29, 0.717) is 0 Å². The van der Waals surface area contributed by atoms with Gasteiger partial charge in [-0.15, -0.1) is 0 Å². The molecule has 0 aliphatic rings. The summed E-state index contributed by atoms with van der Waals surface area (Å²) in [6.07, 6.45) is 12.9. The number of allylic oxidation sites excluding steroid dienone is 5. The Labute approximate surface area is 114 Å². The molecule has 0 rings (SSSR count). The fourth-order valence-corrected chi connectivity index (χ4v) is 1.66. The Bertz CT molecular complexity index is 291. The summed E-state index contributed by atoms with van der Waals surface area (Å²) in [4.78, 5) is 2.18. The zero-order chi connectivity index (χ0) is 14.0. The Morgan fingerprint density at radius 1 is 1.11 bits per heavy atom. The van der Waals surface area contributed by atoms with Crippen molar-refractivity contribution in [3.63, 3.8) is 0 Å². The van der Waals surface area contributed by atoms with Crippen LogP contribution in [0.5, 0.6) is 0 Å². The van der Waals surface area contributed by atoms with Crippen LogP contribution in [0.2, 0.25) is 0 Å². The van der Waals surface area contributed by atoms with E-state index in [-0.39, 0.29) is 0 Å². The second-order valence-corrected chi connectivity index (χ2v) is 5.81. The lowest BCUT2D eigenvalue weighted by molar-refractivity contribution is 0.456. The first-order chi connectivity index (χ1) is 8.41. The molecule has 0 bridgehead atoms. The molecule has 0 aromatic rings. The van der Waals surface area contributed by atoms with Crippen molar-refractivity contribution in [2.75, 3.05) is 20.6 Å². The summed E-state index contributed by atoms with van der Waals surface area (Å²) in [5.41, 5.74) is 2.79. The van der Waals surface area contributed by atoms with Crippen molar-refractivity contribution < 1.29 is 0 Å². The minimum Gasteiger partial charge on any atom is -0.306 e. The van der Waals surface area contributed by atoms with E-state index in [1.165, 1.54) is 30.4 Å². The Balaban J connectivity index is 3.86. The number of hydrogen-bond donors (Lipinski definition) is 0. The topological polar surface area (TPSA) is 3.24 Å². The minimum atomic E-state index is 0.776. The van der Waals surface area contributed by atoms with Gasteiger partial charge in [-0.1, -0.05) is 42.4 Å². The average molecular weight is 249 g/mol. The summed E-state index contributed by atoms with van der Waals surface area (Å²) in [6.45, 7) is 9.87. The predicted molar refractivity (Wildman–Crippen MR) is 83.9 cm³/mol. The molecule has 104 valence electrons. The molecular formula is C17H31N. The van der Waals surface area contributed by atoms with E-state index < -0.39 is 0 Å². The summed E-state index contributed by atoms with van der Waals surface area (Å²) in [7, 11) is 4.19. The van der Waals surface area contributed by atoms with Crippen LogP contribution in [0.25, 0.3) is 0 Å². The van der Waals surface area contributed by atoms with Gasteiger partial charge >= 0.3 is 0 Å². The van der Waals surface area contributed by atoms with Crippen LogP contribution in [0.15, 0.2) is 35.5 Å². The zero-order valence-corrected chi connectivity index (χ0v) is 13.2. The van der Waals surface area contributed by atoms with Gasteiger partial charge in [0.25, 0.3) is 0 Å². The molecular weight excluding hydrogens is 218 g/mol. The van der Waals surface area contributed by atoms with E-state index >= 15 is 0 Å². The summed E-state index contributed by atoms with van der Waals surface area (Å²) in [5, 5.41) is 0. The largest absolute Gasteiger partial charge is 0.306 e. The average Bonchev–Trinajstić information content (AvgIpc) is 2.25. The van der Waals surface area contributed by atoms with Crippen LogP contribution >= 0.6 is 0 Å². The van der Waals surface area contributed by atoms with Crippen molar-refractivity contribution in [2.24, 2.45) is 5.92 Å². The van der Waals surface area contributed by atoms with Gasteiger partial charge in [0.15, 0.2) is 0 Å².